The molecule has 0 radical (unpaired) electrons. The number of nitrogens with zero attached hydrogens (tertiary/aromatic N) is 3. The first-order chi connectivity index (χ1) is 15.8. The Morgan fingerprint density at radius 2 is 1.97 bits per heavy atom. The number of aryl methyl sites for hydroxylation is 1. The maximum absolute atomic E-state index is 11.8. The highest BCUT2D eigenvalue weighted by Crippen LogP contribution is 2.35. The second-order valence-electron chi connectivity index (χ2n) is 7.87. The first-order valence-corrected chi connectivity index (χ1v) is 10.3. The van der Waals surface area contributed by atoms with Gasteiger partial charge in [0.1, 0.15) is 11.3 Å². The molecule has 0 aliphatic rings. The lowest BCUT2D eigenvalue weighted by Crippen LogP contribution is -2.30. The van der Waals surface area contributed by atoms with Gasteiger partial charge in [-0.05, 0) is 24.0 Å². The van der Waals surface area contributed by atoms with Crippen LogP contribution in [0.2, 0.25) is 0 Å². The van der Waals surface area contributed by atoms with Crippen LogP contribution in [0.1, 0.15) is 21.7 Å². The predicted molar refractivity (Wildman–Crippen MR) is 128 cm³/mol. The Morgan fingerprint density at radius 3 is 2.67 bits per heavy atom. The smallest absolute Gasteiger partial charge is 0.460 e. The van der Waals surface area contributed by atoms with Gasteiger partial charge in [-0.25, -0.2) is 9.97 Å². The number of anilines is 2. The average molecular weight is 445 g/mol. The minimum absolute atomic E-state index is 0.302. The van der Waals surface area contributed by atoms with Crippen LogP contribution >= 0.6 is 0 Å². The van der Waals surface area contributed by atoms with Gasteiger partial charge in [0, 0.05) is 26.0 Å². The van der Waals surface area contributed by atoms with Crippen LogP contribution in [0.5, 0.6) is 0 Å². The summed E-state index contributed by atoms with van der Waals surface area (Å²) in [5, 5.41) is 22.9. The summed E-state index contributed by atoms with van der Waals surface area (Å²) >= 11 is 0. The molecule has 2 aromatic heterocycles. The third-order valence-corrected chi connectivity index (χ3v) is 5.34. The highest BCUT2D eigenvalue weighted by Gasteiger charge is 2.21. The number of carbonyl (C=O) groups excluding carboxylic acids is 1. The highest BCUT2D eigenvalue weighted by molar-refractivity contribution is 6.58. The normalized spacial score (nSPS) is 10.9. The van der Waals surface area contributed by atoms with Crippen LogP contribution in [0.25, 0.3) is 22.4 Å². The molecule has 9 nitrogen and oxygen atoms in total. The van der Waals surface area contributed by atoms with Gasteiger partial charge < -0.3 is 30.4 Å². The van der Waals surface area contributed by atoms with Crippen molar-refractivity contribution in [1.29, 1.82) is 0 Å². The Balaban J connectivity index is 1.74. The molecule has 0 fully saturated rings. The zero-order valence-corrected chi connectivity index (χ0v) is 18.5. The summed E-state index contributed by atoms with van der Waals surface area (Å²) in [6, 6.07) is 12.2. The largest absolute Gasteiger partial charge is 0.488 e. The SMILES string of the molecule is Cc1oc2c(C(N)=O)cccc2c1-c1ncc(N(C)C)c(NCc2cccc(B(O)O)c2)n1. The maximum atomic E-state index is 11.8. The molecule has 4 aromatic rings. The molecule has 0 bridgehead atoms. The average Bonchev–Trinajstić information content (AvgIpc) is 3.13. The van der Waals surface area contributed by atoms with E-state index in [0.717, 1.165) is 11.3 Å². The minimum atomic E-state index is -1.53. The zero-order valence-electron chi connectivity index (χ0n) is 18.5. The van der Waals surface area contributed by atoms with E-state index < -0.39 is 13.0 Å². The van der Waals surface area contributed by atoms with Crippen molar-refractivity contribution in [3.05, 3.63) is 65.5 Å². The molecule has 4 rings (SSSR count). The topological polar surface area (TPSA) is 138 Å². The fraction of sp³-hybridized carbons (Fsp3) is 0.174. The van der Waals surface area contributed by atoms with Crippen LogP contribution in [0.15, 0.2) is 53.1 Å². The quantitative estimate of drug-likeness (QED) is 0.315. The first kappa shape index (κ1) is 22.3. The van der Waals surface area contributed by atoms with Crippen LogP contribution in [-0.4, -0.2) is 47.1 Å². The number of hydrogen-bond donors (Lipinski definition) is 4. The summed E-state index contributed by atoms with van der Waals surface area (Å²) in [7, 11) is 2.25. The van der Waals surface area contributed by atoms with Gasteiger partial charge in [0.15, 0.2) is 11.6 Å². The van der Waals surface area contributed by atoms with E-state index in [1.807, 2.05) is 31.1 Å². The van der Waals surface area contributed by atoms with Gasteiger partial charge in [-0.1, -0.05) is 36.4 Å². The third kappa shape index (κ3) is 4.39. The van der Waals surface area contributed by atoms with Crippen molar-refractivity contribution < 1.29 is 19.3 Å². The van der Waals surface area contributed by atoms with E-state index in [0.29, 0.717) is 51.5 Å². The molecule has 0 spiro atoms. The van der Waals surface area contributed by atoms with Crippen molar-refractivity contribution in [2.75, 3.05) is 24.3 Å². The van der Waals surface area contributed by atoms with Crippen LogP contribution < -0.4 is 21.4 Å². The number of amides is 1. The monoisotopic (exact) mass is 445 g/mol. The van der Waals surface area contributed by atoms with E-state index in [9.17, 15) is 14.8 Å². The standard InChI is InChI=1S/C23H24BN5O4/c1-13-19(16-8-5-9-17(21(25)30)20(16)33-13)23-27-12-18(29(2)3)22(28-23)26-11-14-6-4-7-15(10-14)24(31)32/h4-10,12,31-32H,11H2,1-3H3,(H2,25,30)(H,26,27,28). The highest BCUT2D eigenvalue weighted by atomic mass is 16.4. The molecule has 0 unspecified atom stereocenters. The molecule has 168 valence electrons. The molecule has 2 heterocycles. The van der Waals surface area contributed by atoms with Crippen molar-refractivity contribution in [1.82, 2.24) is 9.97 Å². The van der Waals surface area contributed by atoms with E-state index in [1.54, 1.807) is 43.5 Å². The lowest BCUT2D eigenvalue weighted by molar-refractivity contribution is 0.100. The predicted octanol–water partition coefficient (Wildman–Crippen LogP) is 1.66. The first-order valence-electron chi connectivity index (χ1n) is 10.3. The van der Waals surface area contributed by atoms with Crippen molar-refractivity contribution in [3.8, 4) is 11.4 Å². The minimum Gasteiger partial charge on any atom is -0.460 e. The van der Waals surface area contributed by atoms with Gasteiger partial charge in [-0.3, -0.25) is 4.79 Å². The number of aromatic nitrogens is 2. The molecular weight excluding hydrogens is 421 g/mol. The van der Waals surface area contributed by atoms with E-state index in [2.05, 4.69) is 10.3 Å². The number of nitrogens with two attached hydrogens (primary N) is 1. The lowest BCUT2D eigenvalue weighted by atomic mass is 9.80. The number of fused-ring (bicyclic) bond motifs is 1. The molecule has 0 aliphatic heterocycles. The third-order valence-electron chi connectivity index (χ3n) is 5.34. The zero-order chi connectivity index (χ0) is 23.7. The van der Waals surface area contributed by atoms with E-state index in [1.165, 1.54) is 0 Å². The van der Waals surface area contributed by atoms with Crippen molar-refractivity contribution >= 4 is 41.0 Å². The molecule has 5 N–H and O–H groups in total. The van der Waals surface area contributed by atoms with Crippen LogP contribution in [0, 0.1) is 6.92 Å². The van der Waals surface area contributed by atoms with Crippen LogP contribution in [-0.2, 0) is 6.54 Å². The summed E-state index contributed by atoms with van der Waals surface area (Å²) < 4.78 is 5.87. The van der Waals surface area contributed by atoms with Crippen molar-refractivity contribution in [2.45, 2.75) is 13.5 Å². The van der Waals surface area contributed by atoms with E-state index in [-0.39, 0.29) is 0 Å². The summed E-state index contributed by atoms with van der Waals surface area (Å²) in [5.74, 6) is 1.05. The van der Waals surface area contributed by atoms with Gasteiger partial charge in [-0.15, -0.1) is 0 Å². The summed E-state index contributed by atoms with van der Waals surface area (Å²) in [5.41, 5.74) is 8.95. The fourth-order valence-electron chi connectivity index (χ4n) is 3.71. The molecule has 0 saturated heterocycles. The molecule has 0 aliphatic carbocycles. The summed E-state index contributed by atoms with van der Waals surface area (Å²) in [6.07, 6.45) is 1.72. The molecule has 2 aromatic carbocycles. The summed E-state index contributed by atoms with van der Waals surface area (Å²) in [4.78, 5) is 23.0. The number of nitrogens with one attached hydrogen (secondary N) is 1. The van der Waals surface area contributed by atoms with Crippen LogP contribution in [0.3, 0.4) is 0 Å². The molecular formula is C23H24BN5O4. The Hall–Kier alpha value is -3.89. The second kappa shape index (κ2) is 8.93. The van der Waals surface area contributed by atoms with Gasteiger partial charge >= 0.3 is 7.12 Å². The lowest BCUT2D eigenvalue weighted by Gasteiger charge is -2.18. The molecule has 33 heavy (non-hydrogen) atoms. The van der Waals surface area contributed by atoms with Gasteiger partial charge in [0.2, 0.25) is 0 Å². The van der Waals surface area contributed by atoms with Crippen molar-refractivity contribution in [2.24, 2.45) is 5.73 Å². The number of primary amides is 1. The summed E-state index contributed by atoms with van der Waals surface area (Å²) in [6.45, 7) is 2.21. The van der Waals surface area contributed by atoms with Crippen LogP contribution in [0.4, 0.5) is 11.5 Å². The Bertz CT molecular complexity index is 1340. The number of para-hydroxylation sites is 1. The number of hydrogen-bond acceptors (Lipinski definition) is 8. The molecule has 10 heteroatoms. The molecule has 1 amide bonds. The molecule has 0 saturated carbocycles. The number of carbonyl (C=O) groups is 1. The van der Waals surface area contributed by atoms with Gasteiger partial charge in [0.05, 0.1) is 23.0 Å². The number of rotatable bonds is 7. The van der Waals surface area contributed by atoms with E-state index in [4.69, 9.17) is 15.1 Å². The van der Waals surface area contributed by atoms with E-state index >= 15 is 0 Å². The van der Waals surface area contributed by atoms with Crippen molar-refractivity contribution in [3.63, 3.8) is 0 Å². The van der Waals surface area contributed by atoms with Gasteiger partial charge in [0.25, 0.3) is 5.91 Å². The number of benzene rings is 2. The van der Waals surface area contributed by atoms with Gasteiger partial charge in [-0.2, -0.15) is 0 Å². The molecule has 0 atom stereocenters. The Labute approximate surface area is 191 Å². The maximum Gasteiger partial charge on any atom is 0.488 e. The Morgan fingerprint density at radius 1 is 1.21 bits per heavy atom. The fourth-order valence-corrected chi connectivity index (χ4v) is 3.71. The number of furan rings is 1. The Kier molecular flexibility index (Phi) is 6.04. The second-order valence-corrected chi connectivity index (χ2v) is 7.87.